The van der Waals surface area contributed by atoms with Gasteiger partial charge in [-0.15, -0.1) is 0 Å². The number of thioether (sulfide) groups is 2. The van der Waals surface area contributed by atoms with Crippen molar-refractivity contribution in [3.8, 4) is 0 Å². The van der Waals surface area contributed by atoms with E-state index in [2.05, 4.69) is 23.5 Å². The Bertz CT molecular complexity index is 140. The van der Waals surface area contributed by atoms with Crippen molar-refractivity contribution in [2.45, 2.75) is 41.2 Å². The van der Waals surface area contributed by atoms with Gasteiger partial charge in [-0.1, -0.05) is 0 Å². The molecular formula is C10H18S2Te2. The summed E-state index contributed by atoms with van der Waals surface area (Å²) in [7, 11) is 0. The molecular weight excluding hydrogens is 439 g/mol. The fraction of sp³-hybridized carbons (Fsp3) is 1.00. The second kappa shape index (κ2) is 7.58. The van der Waals surface area contributed by atoms with E-state index in [4.69, 9.17) is 0 Å². The fourth-order valence-electron chi connectivity index (χ4n) is 1.17. The zero-order valence-corrected chi connectivity index (χ0v) is 14.7. The van der Waals surface area contributed by atoms with Gasteiger partial charge in [-0.2, -0.15) is 0 Å². The fourth-order valence-corrected chi connectivity index (χ4v) is 11.2. The number of hydrogen-bond donors (Lipinski definition) is 0. The molecule has 2 atom stereocenters. The van der Waals surface area contributed by atoms with Crippen molar-refractivity contribution in [1.82, 2.24) is 0 Å². The molecule has 2 fully saturated rings. The Morgan fingerprint density at radius 1 is 0.857 bits per heavy atom. The van der Waals surface area contributed by atoms with Crippen LogP contribution in [-0.4, -0.2) is 63.9 Å². The summed E-state index contributed by atoms with van der Waals surface area (Å²) in [5.41, 5.74) is 0. The summed E-state index contributed by atoms with van der Waals surface area (Å²) in [6.45, 7) is 0. The molecule has 0 spiro atoms. The Balaban J connectivity index is 1.25. The molecule has 0 saturated carbocycles. The van der Waals surface area contributed by atoms with Crippen LogP contribution in [0.5, 0.6) is 0 Å². The Kier molecular flexibility index (Phi) is 6.89. The van der Waals surface area contributed by atoms with E-state index in [0.29, 0.717) is 41.8 Å². The molecule has 14 heavy (non-hydrogen) atoms. The average molecular weight is 458 g/mol. The molecule has 0 bridgehead atoms. The van der Waals surface area contributed by atoms with E-state index in [1.807, 2.05) is 0 Å². The van der Waals surface area contributed by atoms with Gasteiger partial charge >= 0.3 is 118 Å². The van der Waals surface area contributed by atoms with Crippen LogP contribution in [0.1, 0.15) is 12.8 Å². The molecule has 0 aromatic rings. The minimum atomic E-state index is 0.451. The van der Waals surface area contributed by atoms with E-state index in [1.165, 1.54) is 11.5 Å². The third-order valence-corrected chi connectivity index (χ3v) is 12.4. The van der Waals surface area contributed by atoms with Crippen molar-refractivity contribution in [2.24, 2.45) is 0 Å². The van der Waals surface area contributed by atoms with Gasteiger partial charge in [0.15, 0.2) is 0 Å². The monoisotopic (exact) mass is 462 g/mol. The number of rotatable bonds is 9. The second-order valence-electron chi connectivity index (χ2n) is 3.77. The molecule has 0 N–H and O–H groups in total. The molecule has 0 amide bonds. The molecule has 4 heteroatoms. The first-order chi connectivity index (χ1) is 6.95. The zero-order chi connectivity index (χ0) is 9.64. The van der Waals surface area contributed by atoms with Crippen LogP contribution >= 0.6 is 23.5 Å². The third-order valence-electron chi connectivity index (χ3n) is 2.24. The van der Waals surface area contributed by atoms with E-state index in [0.717, 1.165) is 10.5 Å². The van der Waals surface area contributed by atoms with Crippen LogP contribution in [0.25, 0.3) is 0 Å². The molecule has 0 aromatic carbocycles. The SMILES string of the molecule is C(CC[Te]CC1CS1)C[Te]CC1CS1. The molecule has 0 aromatic heterocycles. The maximum atomic E-state index is 2.19. The van der Waals surface area contributed by atoms with Crippen LogP contribution in [-0.2, 0) is 0 Å². The molecule has 0 radical (unpaired) electrons. The summed E-state index contributed by atoms with van der Waals surface area (Å²) in [5, 5.41) is 2.27. The molecule has 2 aliphatic rings. The topological polar surface area (TPSA) is 0 Å². The standard InChI is InChI=1S/C10H18S2Te2/c1(3-13-7-9-5-11-9)2-4-14-8-10-6-12-10/h9-10H,1-8H2. The maximum absolute atomic E-state index is 2.19. The van der Waals surface area contributed by atoms with Crippen LogP contribution in [0.15, 0.2) is 0 Å². The minimum absolute atomic E-state index is 0.451. The number of hydrogen-bond acceptors (Lipinski definition) is 2. The van der Waals surface area contributed by atoms with Gasteiger partial charge in [-0.25, -0.2) is 0 Å². The van der Waals surface area contributed by atoms with E-state index in [-0.39, 0.29) is 0 Å². The van der Waals surface area contributed by atoms with Crippen molar-refractivity contribution >= 4 is 65.4 Å². The van der Waals surface area contributed by atoms with E-state index in [9.17, 15) is 0 Å². The van der Waals surface area contributed by atoms with Crippen LogP contribution in [0.3, 0.4) is 0 Å². The summed E-state index contributed by atoms with van der Waals surface area (Å²) >= 11 is 5.28. The van der Waals surface area contributed by atoms with Crippen LogP contribution in [0.4, 0.5) is 0 Å². The Morgan fingerprint density at radius 2 is 1.29 bits per heavy atom. The first-order valence-electron chi connectivity index (χ1n) is 5.34. The number of unbranched alkanes of at least 4 members (excludes halogenated alkanes) is 1. The van der Waals surface area contributed by atoms with Crippen LogP contribution < -0.4 is 0 Å². The quantitative estimate of drug-likeness (QED) is 0.297. The van der Waals surface area contributed by atoms with Crippen molar-refractivity contribution < 1.29 is 0 Å². The summed E-state index contributed by atoms with van der Waals surface area (Å²) in [5.74, 6) is 2.99. The summed E-state index contributed by atoms with van der Waals surface area (Å²) in [4.78, 5) is 0. The molecule has 2 unspecified atom stereocenters. The normalized spacial score (nSPS) is 29.1. The Hall–Kier alpha value is 2.28. The van der Waals surface area contributed by atoms with E-state index in [1.54, 1.807) is 30.7 Å². The third kappa shape index (κ3) is 6.77. The molecule has 0 aliphatic carbocycles. The molecule has 2 saturated heterocycles. The zero-order valence-electron chi connectivity index (χ0n) is 8.44. The van der Waals surface area contributed by atoms with Gasteiger partial charge in [0.1, 0.15) is 0 Å². The van der Waals surface area contributed by atoms with Gasteiger partial charge in [0.2, 0.25) is 0 Å². The van der Waals surface area contributed by atoms with Crippen LogP contribution in [0.2, 0.25) is 17.9 Å². The van der Waals surface area contributed by atoms with Gasteiger partial charge in [-0.3, -0.25) is 0 Å². The van der Waals surface area contributed by atoms with Gasteiger partial charge in [0, 0.05) is 0 Å². The molecule has 2 heterocycles. The predicted molar refractivity (Wildman–Crippen MR) is 72.5 cm³/mol. The second-order valence-corrected chi connectivity index (χ2v) is 13.0. The van der Waals surface area contributed by atoms with E-state index < -0.39 is 0 Å². The van der Waals surface area contributed by atoms with Gasteiger partial charge in [-0.05, 0) is 0 Å². The van der Waals surface area contributed by atoms with Gasteiger partial charge in [0.05, 0.1) is 0 Å². The van der Waals surface area contributed by atoms with Gasteiger partial charge in [0.25, 0.3) is 0 Å². The predicted octanol–water partition coefficient (Wildman–Crippen LogP) is 3.08. The van der Waals surface area contributed by atoms with Crippen molar-refractivity contribution in [3.05, 3.63) is 0 Å². The molecule has 0 nitrogen and oxygen atoms in total. The molecule has 82 valence electrons. The Labute approximate surface area is 117 Å². The first kappa shape index (κ1) is 12.7. The molecule has 2 aliphatic heterocycles. The average Bonchev–Trinajstić information content (AvgIpc) is 3.00. The van der Waals surface area contributed by atoms with Crippen molar-refractivity contribution in [1.29, 1.82) is 0 Å². The first-order valence-corrected chi connectivity index (χ1v) is 14.0. The summed E-state index contributed by atoms with van der Waals surface area (Å²) in [6.07, 6.45) is 3.17. The summed E-state index contributed by atoms with van der Waals surface area (Å²) < 4.78 is 6.58. The van der Waals surface area contributed by atoms with Crippen LogP contribution in [0, 0.1) is 0 Å². The molecule has 2 rings (SSSR count). The summed E-state index contributed by atoms with van der Waals surface area (Å²) in [6, 6.07) is 0. The van der Waals surface area contributed by atoms with Crippen molar-refractivity contribution in [3.63, 3.8) is 0 Å². The Morgan fingerprint density at radius 3 is 1.64 bits per heavy atom. The van der Waals surface area contributed by atoms with E-state index >= 15 is 0 Å². The van der Waals surface area contributed by atoms with Crippen molar-refractivity contribution in [2.75, 3.05) is 11.5 Å². The van der Waals surface area contributed by atoms with Gasteiger partial charge < -0.3 is 0 Å².